The Bertz CT molecular complexity index is 591. The zero-order valence-electron chi connectivity index (χ0n) is 11.5. The molecular formula is C13H20N2O2S. The minimum Gasteiger partial charge on any atom is -0.381 e. The lowest BCUT2D eigenvalue weighted by Gasteiger charge is -2.43. The molecular weight excluding hydrogens is 248 g/mol. The van der Waals surface area contributed by atoms with Gasteiger partial charge in [-0.2, -0.15) is 0 Å². The van der Waals surface area contributed by atoms with E-state index in [9.17, 15) is 8.42 Å². The Balaban J connectivity index is 2.70. The molecule has 4 nitrogen and oxygen atoms in total. The number of rotatable bonds is 1. The molecule has 1 N–H and O–H groups in total. The number of sulfonamides is 1. The second kappa shape index (κ2) is 3.88. The highest BCUT2D eigenvalue weighted by molar-refractivity contribution is 7.92. The average molecular weight is 268 g/mol. The zero-order chi connectivity index (χ0) is 13.7. The van der Waals surface area contributed by atoms with Crippen molar-refractivity contribution in [3.63, 3.8) is 0 Å². The van der Waals surface area contributed by atoms with Crippen molar-refractivity contribution in [1.29, 1.82) is 0 Å². The summed E-state index contributed by atoms with van der Waals surface area (Å²) in [6.07, 6.45) is 1.26. The second-order valence-corrected chi connectivity index (χ2v) is 7.48. The molecule has 18 heavy (non-hydrogen) atoms. The van der Waals surface area contributed by atoms with E-state index in [4.69, 9.17) is 0 Å². The summed E-state index contributed by atoms with van der Waals surface area (Å²) in [5.41, 5.74) is 3.44. The molecule has 0 saturated heterocycles. The summed E-state index contributed by atoms with van der Waals surface area (Å²) in [5.74, 6) is 0. The van der Waals surface area contributed by atoms with Gasteiger partial charge < -0.3 is 5.32 Å². The Morgan fingerprint density at radius 1 is 1.22 bits per heavy atom. The van der Waals surface area contributed by atoms with Crippen molar-refractivity contribution in [2.24, 2.45) is 0 Å². The Morgan fingerprint density at radius 3 is 2.33 bits per heavy atom. The predicted octanol–water partition coefficient (Wildman–Crippen LogP) is 2.27. The fourth-order valence-electron chi connectivity index (χ4n) is 2.45. The molecule has 0 amide bonds. The van der Waals surface area contributed by atoms with Crippen LogP contribution in [-0.2, 0) is 10.0 Å². The summed E-state index contributed by atoms with van der Waals surface area (Å²) < 4.78 is 25.6. The Kier molecular flexibility index (Phi) is 2.85. The van der Waals surface area contributed by atoms with Crippen molar-refractivity contribution in [1.82, 2.24) is 0 Å². The van der Waals surface area contributed by atoms with Crippen molar-refractivity contribution < 1.29 is 8.42 Å². The number of anilines is 2. The first-order chi connectivity index (χ1) is 8.13. The SMILES string of the molecule is Cc1cc2c(cc1C)N(S(C)(=O)=O)C(C)(C)CN2. The van der Waals surface area contributed by atoms with Crippen molar-refractivity contribution in [3.8, 4) is 0 Å². The molecule has 0 aliphatic carbocycles. The van der Waals surface area contributed by atoms with Crippen LogP contribution >= 0.6 is 0 Å². The first-order valence-electron chi connectivity index (χ1n) is 5.98. The number of fused-ring (bicyclic) bond motifs is 1. The third-order valence-corrected chi connectivity index (χ3v) is 4.78. The summed E-state index contributed by atoms with van der Waals surface area (Å²) >= 11 is 0. The standard InChI is InChI=1S/C13H20N2O2S/c1-9-6-11-12(7-10(9)2)15(18(5,16)17)13(3,4)8-14-11/h6-7,14H,8H2,1-5H3. The van der Waals surface area contributed by atoms with E-state index in [-0.39, 0.29) is 0 Å². The van der Waals surface area contributed by atoms with Crippen LogP contribution in [0.5, 0.6) is 0 Å². The van der Waals surface area contributed by atoms with Gasteiger partial charge in [0.2, 0.25) is 10.0 Å². The van der Waals surface area contributed by atoms with E-state index in [1.165, 1.54) is 10.6 Å². The van der Waals surface area contributed by atoms with Gasteiger partial charge in [0.15, 0.2) is 0 Å². The molecule has 100 valence electrons. The van der Waals surface area contributed by atoms with E-state index < -0.39 is 15.6 Å². The van der Waals surface area contributed by atoms with Crippen molar-refractivity contribution in [3.05, 3.63) is 23.3 Å². The minimum atomic E-state index is -3.28. The first-order valence-corrected chi connectivity index (χ1v) is 7.83. The number of benzene rings is 1. The lowest BCUT2D eigenvalue weighted by atomic mass is 9.98. The van der Waals surface area contributed by atoms with Crippen LogP contribution in [0.4, 0.5) is 11.4 Å². The Labute approximate surface area is 109 Å². The second-order valence-electron chi connectivity index (χ2n) is 5.65. The molecule has 5 heteroatoms. The van der Waals surface area contributed by atoms with Gasteiger partial charge in [0, 0.05) is 6.54 Å². The maximum Gasteiger partial charge on any atom is 0.232 e. The van der Waals surface area contributed by atoms with Crippen LogP contribution in [0.3, 0.4) is 0 Å². The summed E-state index contributed by atoms with van der Waals surface area (Å²) in [5, 5.41) is 3.32. The molecule has 0 saturated carbocycles. The topological polar surface area (TPSA) is 49.4 Å². The van der Waals surface area contributed by atoms with Crippen molar-refractivity contribution >= 4 is 21.4 Å². The Hall–Kier alpha value is -1.23. The highest BCUT2D eigenvalue weighted by Crippen LogP contribution is 2.39. The number of nitrogens with one attached hydrogen (secondary N) is 1. The molecule has 1 aromatic carbocycles. The minimum absolute atomic E-state index is 0.456. The predicted molar refractivity (Wildman–Crippen MR) is 75.8 cm³/mol. The first kappa shape index (κ1) is 13.2. The van der Waals surface area contributed by atoms with E-state index >= 15 is 0 Å². The maximum absolute atomic E-state index is 12.1. The quantitative estimate of drug-likeness (QED) is 0.850. The molecule has 1 heterocycles. The zero-order valence-corrected chi connectivity index (χ0v) is 12.4. The molecule has 1 aliphatic rings. The van der Waals surface area contributed by atoms with Crippen LogP contribution in [0.2, 0.25) is 0 Å². The molecule has 0 fully saturated rings. The third kappa shape index (κ3) is 2.07. The van der Waals surface area contributed by atoms with Gasteiger partial charge in [-0.3, -0.25) is 4.31 Å². The molecule has 0 spiro atoms. The highest BCUT2D eigenvalue weighted by atomic mass is 32.2. The average Bonchev–Trinajstić information content (AvgIpc) is 2.17. The lowest BCUT2D eigenvalue weighted by molar-refractivity contribution is 0.514. The van der Waals surface area contributed by atoms with E-state index in [1.54, 1.807) is 0 Å². The third-order valence-electron chi connectivity index (χ3n) is 3.42. The van der Waals surface area contributed by atoms with E-state index in [0.29, 0.717) is 6.54 Å². The van der Waals surface area contributed by atoms with Gasteiger partial charge in [0.25, 0.3) is 0 Å². The van der Waals surface area contributed by atoms with Crippen LogP contribution in [0, 0.1) is 13.8 Å². The molecule has 2 rings (SSSR count). The van der Waals surface area contributed by atoms with Crippen LogP contribution in [0.15, 0.2) is 12.1 Å². The van der Waals surface area contributed by atoms with Gasteiger partial charge in [-0.15, -0.1) is 0 Å². The summed E-state index contributed by atoms with van der Waals surface area (Å²) in [6.45, 7) is 8.49. The van der Waals surface area contributed by atoms with Crippen LogP contribution in [0.1, 0.15) is 25.0 Å². The van der Waals surface area contributed by atoms with Gasteiger partial charge in [0.05, 0.1) is 23.2 Å². The van der Waals surface area contributed by atoms with Crippen molar-refractivity contribution in [2.75, 3.05) is 22.4 Å². The van der Waals surface area contributed by atoms with E-state index in [1.807, 2.05) is 39.8 Å². The number of aryl methyl sites for hydroxylation is 2. The Morgan fingerprint density at radius 2 is 1.78 bits per heavy atom. The molecule has 0 aromatic heterocycles. The smallest absolute Gasteiger partial charge is 0.232 e. The van der Waals surface area contributed by atoms with Crippen LogP contribution < -0.4 is 9.62 Å². The summed E-state index contributed by atoms with van der Waals surface area (Å²) in [6, 6.07) is 3.96. The van der Waals surface area contributed by atoms with E-state index in [2.05, 4.69) is 5.32 Å². The number of hydrogen-bond donors (Lipinski definition) is 1. The van der Waals surface area contributed by atoms with Crippen LogP contribution in [-0.4, -0.2) is 26.8 Å². The van der Waals surface area contributed by atoms with E-state index in [0.717, 1.165) is 22.5 Å². The molecule has 0 atom stereocenters. The maximum atomic E-state index is 12.1. The molecule has 1 aromatic rings. The molecule has 0 unspecified atom stereocenters. The van der Waals surface area contributed by atoms with Gasteiger partial charge in [-0.1, -0.05) is 0 Å². The lowest BCUT2D eigenvalue weighted by Crippen LogP contribution is -2.54. The largest absolute Gasteiger partial charge is 0.381 e. The number of hydrogen-bond acceptors (Lipinski definition) is 3. The molecule has 0 radical (unpaired) electrons. The fraction of sp³-hybridized carbons (Fsp3) is 0.538. The highest BCUT2D eigenvalue weighted by Gasteiger charge is 2.38. The van der Waals surface area contributed by atoms with Crippen molar-refractivity contribution in [2.45, 2.75) is 33.2 Å². The fourth-order valence-corrected chi connectivity index (χ4v) is 3.92. The van der Waals surface area contributed by atoms with Gasteiger partial charge in [-0.05, 0) is 51.0 Å². The molecule has 0 bridgehead atoms. The molecule has 1 aliphatic heterocycles. The monoisotopic (exact) mass is 268 g/mol. The van der Waals surface area contributed by atoms with Gasteiger partial charge in [-0.25, -0.2) is 8.42 Å². The van der Waals surface area contributed by atoms with Gasteiger partial charge in [0.1, 0.15) is 0 Å². The summed E-state index contributed by atoms with van der Waals surface area (Å²) in [4.78, 5) is 0. The number of nitrogens with zero attached hydrogens (tertiary/aromatic N) is 1. The van der Waals surface area contributed by atoms with Crippen LogP contribution in [0.25, 0.3) is 0 Å². The van der Waals surface area contributed by atoms with Gasteiger partial charge >= 0.3 is 0 Å². The summed E-state index contributed by atoms with van der Waals surface area (Å²) in [7, 11) is -3.28. The normalized spacial score (nSPS) is 18.2.